The number of aromatic nitrogens is 3. The van der Waals surface area contributed by atoms with E-state index in [0.29, 0.717) is 23.9 Å². The van der Waals surface area contributed by atoms with Crippen molar-refractivity contribution in [3.63, 3.8) is 0 Å². The number of amides is 1. The zero-order valence-corrected chi connectivity index (χ0v) is 15.5. The molecule has 27 heavy (non-hydrogen) atoms. The third-order valence-corrected chi connectivity index (χ3v) is 4.94. The number of nitrogens with one attached hydrogen (secondary N) is 1. The standard InChI is InChI=1S/C19H18F2N4OS/c1-25-18(14-4-8-16(21)9-5-14)23-24-19(25)27-12-17(26)22-11-10-13-2-6-15(20)7-3-13/h2-9H,10-12H2,1H3,(H,22,26). The van der Waals surface area contributed by atoms with Crippen molar-refractivity contribution in [1.29, 1.82) is 0 Å². The van der Waals surface area contributed by atoms with Crippen molar-refractivity contribution < 1.29 is 13.6 Å². The van der Waals surface area contributed by atoms with E-state index in [2.05, 4.69) is 15.5 Å². The average Bonchev–Trinajstić information content (AvgIpc) is 3.03. The number of rotatable bonds is 7. The van der Waals surface area contributed by atoms with Crippen LogP contribution in [0.3, 0.4) is 0 Å². The summed E-state index contributed by atoms with van der Waals surface area (Å²) in [5, 5.41) is 11.6. The van der Waals surface area contributed by atoms with Crippen LogP contribution in [-0.4, -0.2) is 33.0 Å². The van der Waals surface area contributed by atoms with Gasteiger partial charge in [-0.3, -0.25) is 4.79 Å². The Morgan fingerprint density at radius 2 is 1.67 bits per heavy atom. The number of benzene rings is 2. The Morgan fingerprint density at radius 3 is 2.33 bits per heavy atom. The number of hydrogen-bond donors (Lipinski definition) is 1. The molecule has 0 unspecified atom stereocenters. The van der Waals surface area contributed by atoms with Gasteiger partial charge in [0.1, 0.15) is 11.6 Å². The molecule has 0 radical (unpaired) electrons. The van der Waals surface area contributed by atoms with Crippen molar-refractivity contribution in [2.24, 2.45) is 7.05 Å². The third kappa shape index (κ3) is 5.13. The molecule has 5 nitrogen and oxygen atoms in total. The molecule has 0 saturated carbocycles. The van der Waals surface area contributed by atoms with Crippen LogP contribution in [0.15, 0.2) is 53.7 Å². The van der Waals surface area contributed by atoms with Gasteiger partial charge in [0.25, 0.3) is 0 Å². The minimum absolute atomic E-state index is 0.117. The van der Waals surface area contributed by atoms with Crippen LogP contribution < -0.4 is 5.32 Å². The molecule has 0 fully saturated rings. The first-order valence-electron chi connectivity index (χ1n) is 8.32. The maximum Gasteiger partial charge on any atom is 0.230 e. The molecule has 0 atom stereocenters. The summed E-state index contributed by atoms with van der Waals surface area (Å²) in [5.74, 6) is 0.108. The second-order valence-corrected chi connectivity index (χ2v) is 6.83. The van der Waals surface area contributed by atoms with Gasteiger partial charge in [0.05, 0.1) is 5.75 Å². The predicted octanol–water partition coefficient (Wildman–Crippen LogP) is 3.21. The fourth-order valence-electron chi connectivity index (χ4n) is 2.47. The molecule has 140 valence electrons. The van der Waals surface area contributed by atoms with Crippen molar-refractivity contribution in [3.8, 4) is 11.4 Å². The van der Waals surface area contributed by atoms with Gasteiger partial charge in [0, 0.05) is 19.2 Å². The van der Waals surface area contributed by atoms with Crippen LogP contribution in [0.25, 0.3) is 11.4 Å². The van der Waals surface area contributed by atoms with E-state index in [1.54, 1.807) is 35.9 Å². The summed E-state index contributed by atoms with van der Waals surface area (Å²) >= 11 is 1.28. The normalized spacial score (nSPS) is 10.8. The van der Waals surface area contributed by atoms with Gasteiger partial charge in [-0.1, -0.05) is 23.9 Å². The zero-order chi connectivity index (χ0) is 19.2. The lowest BCUT2D eigenvalue weighted by Gasteiger charge is -2.06. The summed E-state index contributed by atoms with van der Waals surface area (Å²) in [6.07, 6.45) is 0.634. The highest BCUT2D eigenvalue weighted by Crippen LogP contribution is 2.22. The largest absolute Gasteiger partial charge is 0.355 e. The third-order valence-electron chi connectivity index (χ3n) is 3.92. The van der Waals surface area contributed by atoms with E-state index in [1.165, 1.54) is 36.0 Å². The fourth-order valence-corrected chi connectivity index (χ4v) is 3.21. The Labute approximate surface area is 159 Å². The molecule has 0 spiro atoms. The van der Waals surface area contributed by atoms with Crippen LogP contribution in [0.4, 0.5) is 8.78 Å². The van der Waals surface area contributed by atoms with E-state index >= 15 is 0 Å². The summed E-state index contributed by atoms with van der Waals surface area (Å²) in [5.41, 5.74) is 1.71. The molecule has 0 aliphatic heterocycles. The highest BCUT2D eigenvalue weighted by molar-refractivity contribution is 7.99. The average molecular weight is 388 g/mol. The van der Waals surface area contributed by atoms with Crippen molar-refractivity contribution in [2.45, 2.75) is 11.6 Å². The van der Waals surface area contributed by atoms with Gasteiger partial charge in [-0.05, 0) is 48.4 Å². The molecule has 1 aromatic heterocycles. The maximum atomic E-state index is 13.0. The van der Waals surface area contributed by atoms with Crippen LogP contribution in [0.5, 0.6) is 0 Å². The van der Waals surface area contributed by atoms with E-state index in [1.807, 2.05) is 0 Å². The van der Waals surface area contributed by atoms with E-state index in [0.717, 1.165) is 11.1 Å². The molecule has 3 rings (SSSR count). The molecule has 1 amide bonds. The monoisotopic (exact) mass is 388 g/mol. The smallest absolute Gasteiger partial charge is 0.230 e. The van der Waals surface area contributed by atoms with Crippen molar-refractivity contribution in [1.82, 2.24) is 20.1 Å². The Kier molecular flexibility index (Phi) is 6.18. The van der Waals surface area contributed by atoms with Gasteiger partial charge in [0.2, 0.25) is 5.91 Å². The predicted molar refractivity (Wildman–Crippen MR) is 100 cm³/mol. The first-order chi connectivity index (χ1) is 13.0. The minimum Gasteiger partial charge on any atom is -0.355 e. The van der Waals surface area contributed by atoms with Crippen molar-refractivity contribution in [2.75, 3.05) is 12.3 Å². The first-order valence-corrected chi connectivity index (χ1v) is 9.31. The summed E-state index contributed by atoms with van der Waals surface area (Å²) < 4.78 is 27.7. The summed E-state index contributed by atoms with van der Waals surface area (Å²) in [4.78, 5) is 12.0. The van der Waals surface area contributed by atoms with Gasteiger partial charge in [-0.15, -0.1) is 10.2 Å². The molecule has 0 bridgehead atoms. The van der Waals surface area contributed by atoms with Gasteiger partial charge >= 0.3 is 0 Å². The number of nitrogens with zero attached hydrogens (tertiary/aromatic N) is 3. The number of carbonyl (C=O) groups is 1. The highest BCUT2D eigenvalue weighted by atomic mass is 32.2. The van der Waals surface area contributed by atoms with Crippen molar-refractivity contribution >= 4 is 17.7 Å². The summed E-state index contributed by atoms with van der Waals surface area (Å²) in [6, 6.07) is 12.2. The van der Waals surface area contributed by atoms with E-state index in [4.69, 9.17) is 0 Å². The number of hydrogen-bond acceptors (Lipinski definition) is 4. The Bertz CT molecular complexity index is 910. The number of thioether (sulfide) groups is 1. The molecular weight excluding hydrogens is 370 g/mol. The first kappa shape index (κ1) is 19.0. The van der Waals surface area contributed by atoms with Gasteiger partial charge in [-0.25, -0.2) is 8.78 Å². The second-order valence-electron chi connectivity index (χ2n) is 5.89. The minimum atomic E-state index is -0.312. The molecule has 1 N–H and O–H groups in total. The van der Waals surface area contributed by atoms with E-state index < -0.39 is 0 Å². The van der Waals surface area contributed by atoms with E-state index in [9.17, 15) is 13.6 Å². The molecule has 0 saturated heterocycles. The molecule has 0 aliphatic rings. The fraction of sp³-hybridized carbons (Fsp3) is 0.211. The highest BCUT2D eigenvalue weighted by Gasteiger charge is 2.13. The molecule has 3 aromatic rings. The van der Waals surface area contributed by atoms with Gasteiger partial charge in [0.15, 0.2) is 11.0 Å². The summed E-state index contributed by atoms with van der Waals surface area (Å²) in [7, 11) is 1.80. The Morgan fingerprint density at radius 1 is 1.04 bits per heavy atom. The topological polar surface area (TPSA) is 59.8 Å². The molecule has 2 aromatic carbocycles. The molecule has 1 heterocycles. The van der Waals surface area contributed by atoms with Crippen molar-refractivity contribution in [3.05, 3.63) is 65.7 Å². The van der Waals surface area contributed by atoms with Gasteiger partial charge in [-0.2, -0.15) is 0 Å². The van der Waals surface area contributed by atoms with E-state index in [-0.39, 0.29) is 23.3 Å². The lowest BCUT2D eigenvalue weighted by Crippen LogP contribution is -2.27. The zero-order valence-electron chi connectivity index (χ0n) is 14.7. The Hall–Kier alpha value is -2.74. The summed E-state index contributed by atoms with van der Waals surface area (Å²) in [6.45, 7) is 0.477. The van der Waals surface area contributed by atoms with Gasteiger partial charge < -0.3 is 9.88 Å². The number of carbonyl (C=O) groups excluding carboxylic acids is 1. The Balaban J connectivity index is 1.49. The molecular formula is C19H18F2N4OS. The SMILES string of the molecule is Cn1c(SCC(=O)NCCc2ccc(F)cc2)nnc1-c1ccc(F)cc1. The second kappa shape index (κ2) is 8.77. The number of halogens is 2. The van der Waals surface area contributed by atoms with Crippen LogP contribution >= 0.6 is 11.8 Å². The van der Waals surface area contributed by atoms with Crippen LogP contribution in [0, 0.1) is 11.6 Å². The lowest BCUT2D eigenvalue weighted by molar-refractivity contribution is -0.118. The van der Waals surface area contributed by atoms with Crippen LogP contribution in [-0.2, 0) is 18.3 Å². The quantitative estimate of drug-likeness (QED) is 0.632. The lowest BCUT2D eigenvalue weighted by atomic mass is 10.1. The maximum absolute atomic E-state index is 13.0. The molecule has 8 heteroatoms. The molecule has 0 aliphatic carbocycles. The van der Waals surface area contributed by atoms with Crippen LogP contribution in [0.2, 0.25) is 0 Å². The van der Waals surface area contributed by atoms with Crippen LogP contribution in [0.1, 0.15) is 5.56 Å².